The lowest BCUT2D eigenvalue weighted by atomic mass is 10.0. The van der Waals surface area contributed by atoms with E-state index in [0.717, 1.165) is 26.3 Å². The Morgan fingerprint density at radius 1 is 1.06 bits per heavy atom. The molecule has 0 spiro atoms. The molecule has 1 heterocycles. The molecule has 0 radical (unpaired) electrons. The van der Waals surface area contributed by atoms with Gasteiger partial charge in [0.1, 0.15) is 0 Å². The van der Waals surface area contributed by atoms with E-state index in [1.54, 1.807) is 18.2 Å². The zero-order valence-corrected chi connectivity index (χ0v) is 18.1. The minimum atomic E-state index is -0.980. The van der Waals surface area contributed by atoms with Crippen LogP contribution in [0, 0.1) is 0 Å². The van der Waals surface area contributed by atoms with E-state index in [9.17, 15) is 9.59 Å². The number of H-pyrrole nitrogens is 1. The molecule has 0 aliphatic rings. The fourth-order valence-electron chi connectivity index (χ4n) is 3.35. The summed E-state index contributed by atoms with van der Waals surface area (Å²) in [6.07, 6.45) is 1.89. The number of rotatable bonds is 6. The van der Waals surface area contributed by atoms with Crippen LogP contribution in [-0.4, -0.2) is 22.0 Å². The monoisotopic (exact) mass is 450 g/mol. The maximum absolute atomic E-state index is 13.1. The number of hydrogen-bond acceptors (Lipinski definition) is 3. The average molecular weight is 451 g/mol. The third-order valence-electron chi connectivity index (χ3n) is 4.94. The van der Waals surface area contributed by atoms with Crippen LogP contribution < -0.4 is 5.32 Å². The number of nitrogens with one attached hydrogen (secondary N) is 2. The fourth-order valence-corrected chi connectivity index (χ4v) is 4.63. The number of aromatic carboxylic acids is 1. The highest BCUT2D eigenvalue weighted by molar-refractivity contribution is 7.99. The Morgan fingerprint density at radius 3 is 2.52 bits per heavy atom. The highest BCUT2D eigenvalue weighted by Gasteiger charge is 2.18. The third-order valence-corrected chi connectivity index (χ3v) is 6.21. The van der Waals surface area contributed by atoms with Crippen LogP contribution >= 0.6 is 23.4 Å². The summed E-state index contributed by atoms with van der Waals surface area (Å²) < 4.78 is 0. The van der Waals surface area contributed by atoms with Gasteiger partial charge in [0.15, 0.2) is 0 Å². The first kappa shape index (κ1) is 21.0. The highest BCUT2D eigenvalue weighted by Crippen LogP contribution is 2.36. The van der Waals surface area contributed by atoms with Gasteiger partial charge in [0.05, 0.1) is 11.6 Å². The number of carboxylic acid groups (broad SMARTS) is 1. The molecule has 0 aliphatic heterocycles. The van der Waals surface area contributed by atoms with Crippen molar-refractivity contribution in [3.8, 4) is 0 Å². The molecule has 7 heteroatoms. The molecule has 0 bridgehead atoms. The molecule has 4 rings (SSSR count). The largest absolute Gasteiger partial charge is 0.478 e. The maximum atomic E-state index is 13.1. The normalized spacial score (nSPS) is 11.9. The minimum absolute atomic E-state index is 0.201. The summed E-state index contributed by atoms with van der Waals surface area (Å²) in [7, 11) is 0. The minimum Gasteiger partial charge on any atom is -0.478 e. The molecule has 1 aromatic heterocycles. The number of hydrogen-bond donors (Lipinski definition) is 3. The van der Waals surface area contributed by atoms with Crippen molar-refractivity contribution < 1.29 is 14.7 Å². The summed E-state index contributed by atoms with van der Waals surface area (Å²) in [5.41, 5.74) is 2.48. The van der Waals surface area contributed by atoms with Gasteiger partial charge in [0.2, 0.25) is 0 Å². The number of aromatic nitrogens is 1. The van der Waals surface area contributed by atoms with Gasteiger partial charge in [-0.1, -0.05) is 47.6 Å². The van der Waals surface area contributed by atoms with E-state index in [-0.39, 0.29) is 17.5 Å². The van der Waals surface area contributed by atoms with Crippen molar-refractivity contribution in [1.29, 1.82) is 0 Å². The second-order valence-corrected chi connectivity index (χ2v) is 8.61. The Bertz CT molecular complexity index is 1270. The number of halogens is 1. The number of carbonyl (C=O) groups excluding carboxylic acids is 1. The lowest BCUT2D eigenvalue weighted by Gasteiger charge is -2.15. The number of benzene rings is 3. The van der Waals surface area contributed by atoms with Crippen LogP contribution in [-0.2, 0) is 0 Å². The number of fused-ring (bicyclic) bond motifs is 1. The molecule has 0 fully saturated rings. The third kappa shape index (κ3) is 4.60. The Kier molecular flexibility index (Phi) is 6.02. The molecular weight excluding hydrogens is 432 g/mol. The van der Waals surface area contributed by atoms with Crippen molar-refractivity contribution in [3.05, 3.63) is 94.6 Å². The van der Waals surface area contributed by atoms with E-state index < -0.39 is 5.97 Å². The number of carbonyl (C=O) groups is 2. The molecule has 156 valence electrons. The van der Waals surface area contributed by atoms with Crippen molar-refractivity contribution in [2.75, 3.05) is 0 Å². The summed E-state index contributed by atoms with van der Waals surface area (Å²) in [5, 5.41) is 13.6. The van der Waals surface area contributed by atoms with Crippen LogP contribution in [0.15, 0.2) is 82.7 Å². The Labute approximate surface area is 188 Å². The second kappa shape index (κ2) is 8.88. The maximum Gasteiger partial charge on any atom is 0.335 e. The topological polar surface area (TPSA) is 82.2 Å². The van der Waals surface area contributed by atoms with Gasteiger partial charge >= 0.3 is 5.97 Å². The van der Waals surface area contributed by atoms with Gasteiger partial charge < -0.3 is 15.4 Å². The van der Waals surface area contributed by atoms with Gasteiger partial charge in [0, 0.05) is 37.5 Å². The molecule has 1 unspecified atom stereocenters. The zero-order chi connectivity index (χ0) is 22.0. The molecule has 3 N–H and O–H groups in total. The predicted octanol–water partition coefficient (Wildman–Crippen LogP) is 6.16. The molecule has 0 saturated carbocycles. The van der Waals surface area contributed by atoms with Crippen LogP contribution in [0.1, 0.15) is 39.2 Å². The summed E-state index contributed by atoms with van der Waals surface area (Å²) in [6, 6.07) is 19.4. The van der Waals surface area contributed by atoms with Gasteiger partial charge in [0.25, 0.3) is 5.91 Å². The smallest absolute Gasteiger partial charge is 0.335 e. The first-order valence-corrected chi connectivity index (χ1v) is 10.8. The van der Waals surface area contributed by atoms with Crippen molar-refractivity contribution in [3.63, 3.8) is 0 Å². The summed E-state index contributed by atoms with van der Waals surface area (Å²) in [5.74, 6) is -1.18. The van der Waals surface area contributed by atoms with Crippen molar-refractivity contribution in [2.45, 2.75) is 22.8 Å². The Morgan fingerprint density at radius 2 is 1.81 bits per heavy atom. The van der Waals surface area contributed by atoms with Gasteiger partial charge in [-0.2, -0.15) is 0 Å². The van der Waals surface area contributed by atoms with E-state index in [0.29, 0.717) is 10.6 Å². The SMILES string of the molecule is CC(NC(=O)c1cccc2[nH]cc(Sc3cccc(Cl)c3)c12)c1ccc(C(=O)O)cc1. The van der Waals surface area contributed by atoms with Crippen LogP contribution in [0.25, 0.3) is 10.9 Å². The van der Waals surface area contributed by atoms with Crippen molar-refractivity contribution in [2.24, 2.45) is 0 Å². The number of amides is 1. The summed E-state index contributed by atoms with van der Waals surface area (Å²) >= 11 is 7.65. The molecule has 0 aliphatic carbocycles. The van der Waals surface area contributed by atoms with Crippen molar-refractivity contribution >= 4 is 46.1 Å². The molecular formula is C24H19ClN2O3S. The molecule has 1 amide bonds. The first-order chi connectivity index (χ1) is 14.9. The van der Waals surface area contributed by atoms with Gasteiger partial charge in [-0.15, -0.1) is 0 Å². The first-order valence-electron chi connectivity index (χ1n) is 9.60. The van der Waals surface area contributed by atoms with E-state index in [1.807, 2.05) is 49.5 Å². The molecule has 3 aromatic carbocycles. The van der Waals surface area contributed by atoms with Crippen LogP contribution in [0.2, 0.25) is 5.02 Å². The van der Waals surface area contributed by atoms with Crippen LogP contribution in [0.5, 0.6) is 0 Å². The van der Waals surface area contributed by atoms with E-state index >= 15 is 0 Å². The predicted molar refractivity (Wildman–Crippen MR) is 123 cm³/mol. The standard InChI is InChI=1S/C24H19ClN2O3S/c1-14(15-8-10-16(11-9-15)24(29)30)27-23(28)19-6-3-7-20-22(19)21(13-26-20)31-18-5-2-4-17(25)12-18/h2-14,26H,1H3,(H,27,28)(H,29,30). The quantitative estimate of drug-likeness (QED) is 0.328. The highest BCUT2D eigenvalue weighted by atomic mass is 35.5. The Balaban J connectivity index is 1.60. The van der Waals surface area contributed by atoms with Crippen LogP contribution in [0.3, 0.4) is 0 Å². The van der Waals surface area contributed by atoms with Gasteiger partial charge in [-0.25, -0.2) is 4.79 Å². The van der Waals surface area contributed by atoms with Gasteiger partial charge in [-0.3, -0.25) is 4.79 Å². The summed E-state index contributed by atoms with van der Waals surface area (Å²) in [6.45, 7) is 1.87. The van der Waals surface area contributed by atoms with E-state index in [2.05, 4.69) is 10.3 Å². The number of carboxylic acids is 1. The fraction of sp³-hybridized carbons (Fsp3) is 0.0833. The number of aromatic amines is 1. The van der Waals surface area contributed by atoms with Crippen LogP contribution in [0.4, 0.5) is 0 Å². The molecule has 5 nitrogen and oxygen atoms in total. The zero-order valence-electron chi connectivity index (χ0n) is 16.6. The van der Waals surface area contributed by atoms with E-state index in [4.69, 9.17) is 16.7 Å². The van der Waals surface area contributed by atoms with Crippen molar-refractivity contribution in [1.82, 2.24) is 10.3 Å². The second-order valence-electron chi connectivity index (χ2n) is 7.06. The molecule has 0 saturated heterocycles. The molecule has 4 aromatic rings. The lowest BCUT2D eigenvalue weighted by Crippen LogP contribution is -2.26. The lowest BCUT2D eigenvalue weighted by molar-refractivity contribution is 0.0696. The summed E-state index contributed by atoms with van der Waals surface area (Å²) in [4.78, 5) is 29.3. The molecule has 1 atom stereocenters. The van der Waals surface area contributed by atoms with E-state index in [1.165, 1.54) is 23.9 Å². The van der Waals surface area contributed by atoms with Gasteiger partial charge in [-0.05, 0) is 55.0 Å². The molecule has 31 heavy (non-hydrogen) atoms. The Hall–Kier alpha value is -3.22. The average Bonchev–Trinajstić information content (AvgIpc) is 3.16.